The van der Waals surface area contributed by atoms with E-state index in [1.165, 1.54) is 7.11 Å². The zero-order valence-corrected chi connectivity index (χ0v) is 12.6. The standard InChI is InChI=1S/C15H21NO5/c1-14(2,10-7-5-6-8-11(10)21-4)12(17)16-9-15(3,20)13(18)19/h5-8,20H,9H2,1-4H3,(H,16,17)(H,18,19). The number of carbonyl (C=O) groups is 2. The Hall–Kier alpha value is -2.08. The van der Waals surface area contributed by atoms with E-state index in [2.05, 4.69) is 5.32 Å². The first kappa shape index (κ1) is 17.0. The monoisotopic (exact) mass is 295 g/mol. The van der Waals surface area contributed by atoms with Crippen molar-refractivity contribution >= 4 is 11.9 Å². The van der Waals surface area contributed by atoms with Gasteiger partial charge in [0.15, 0.2) is 5.60 Å². The van der Waals surface area contributed by atoms with Gasteiger partial charge in [-0.25, -0.2) is 4.79 Å². The van der Waals surface area contributed by atoms with Crippen molar-refractivity contribution in [3.8, 4) is 5.75 Å². The van der Waals surface area contributed by atoms with E-state index in [1.54, 1.807) is 38.1 Å². The smallest absolute Gasteiger partial charge is 0.337 e. The van der Waals surface area contributed by atoms with Gasteiger partial charge in [-0.2, -0.15) is 0 Å². The number of aliphatic carboxylic acids is 1. The Morgan fingerprint density at radius 3 is 2.33 bits per heavy atom. The van der Waals surface area contributed by atoms with Crippen LogP contribution in [0, 0.1) is 0 Å². The summed E-state index contributed by atoms with van der Waals surface area (Å²) in [7, 11) is 1.52. The molecule has 3 N–H and O–H groups in total. The number of amides is 1. The molecule has 0 bridgehead atoms. The molecule has 0 heterocycles. The average Bonchev–Trinajstić information content (AvgIpc) is 2.44. The van der Waals surface area contributed by atoms with E-state index in [9.17, 15) is 14.7 Å². The normalized spacial score (nSPS) is 14.1. The Kier molecular flexibility index (Phi) is 4.96. The van der Waals surface area contributed by atoms with Gasteiger partial charge in [-0.15, -0.1) is 0 Å². The van der Waals surface area contributed by atoms with Gasteiger partial charge in [-0.1, -0.05) is 18.2 Å². The minimum atomic E-state index is -2.01. The average molecular weight is 295 g/mol. The third-order valence-corrected chi connectivity index (χ3v) is 3.40. The van der Waals surface area contributed by atoms with Crippen LogP contribution in [0.15, 0.2) is 24.3 Å². The van der Waals surface area contributed by atoms with Crippen molar-refractivity contribution in [3.05, 3.63) is 29.8 Å². The lowest BCUT2D eigenvalue weighted by atomic mass is 9.83. The van der Waals surface area contributed by atoms with E-state index < -0.39 is 22.9 Å². The number of hydrogen-bond acceptors (Lipinski definition) is 4. The van der Waals surface area contributed by atoms with Crippen LogP contribution in [0.4, 0.5) is 0 Å². The number of para-hydroxylation sites is 1. The molecular weight excluding hydrogens is 274 g/mol. The number of aliphatic hydroxyl groups is 1. The first-order valence-corrected chi connectivity index (χ1v) is 6.50. The number of carbonyl (C=O) groups excluding carboxylic acids is 1. The molecule has 0 aromatic heterocycles. The Balaban J connectivity index is 2.92. The Morgan fingerprint density at radius 2 is 1.81 bits per heavy atom. The maximum absolute atomic E-state index is 12.3. The first-order valence-electron chi connectivity index (χ1n) is 6.50. The summed E-state index contributed by atoms with van der Waals surface area (Å²) in [6.45, 7) is 4.16. The number of ether oxygens (including phenoxy) is 1. The molecule has 0 aliphatic heterocycles. The van der Waals surface area contributed by atoms with Crippen LogP contribution < -0.4 is 10.1 Å². The highest BCUT2D eigenvalue weighted by Crippen LogP contribution is 2.31. The minimum absolute atomic E-state index is 0.375. The Bertz CT molecular complexity index is 537. The van der Waals surface area contributed by atoms with Crippen molar-refractivity contribution in [2.75, 3.05) is 13.7 Å². The summed E-state index contributed by atoms with van der Waals surface area (Å²) < 4.78 is 5.24. The number of carboxylic acid groups (broad SMARTS) is 1. The van der Waals surface area contributed by atoms with E-state index in [-0.39, 0.29) is 6.54 Å². The molecular formula is C15H21NO5. The molecule has 21 heavy (non-hydrogen) atoms. The van der Waals surface area contributed by atoms with Crippen molar-refractivity contribution < 1.29 is 24.5 Å². The largest absolute Gasteiger partial charge is 0.496 e. The molecule has 1 aromatic carbocycles. The van der Waals surface area contributed by atoms with Crippen LogP contribution in [-0.2, 0) is 15.0 Å². The topological polar surface area (TPSA) is 95.9 Å². The van der Waals surface area contributed by atoms with Crippen LogP contribution in [-0.4, -0.2) is 41.3 Å². The molecule has 0 aliphatic carbocycles. The summed E-state index contributed by atoms with van der Waals surface area (Å²) in [5.41, 5.74) is -2.26. The molecule has 0 spiro atoms. The second kappa shape index (κ2) is 6.13. The highest BCUT2D eigenvalue weighted by atomic mass is 16.5. The number of benzene rings is 1. The van der Waals surface area contributed by atoms with Crippen molar-refractivity contribution in [1.82, 2.24) is 5.32 Å². The number of hydrogen-bond donors (Lipinski definition) is 3. The minimum Gasteiger partial charge on any atom is -0.496 e. The predicted octanol–water partition coefficient (Wildman–Crippen LogP) is 0.925. The van der Waals surface area contributed by atoms with Crippen LogP contribution in [0.3, 0.4) is 0 Å². The lowest BCUT2D eigenvalue weighted by Crippen LogP contribution is -2.50. The van der Waals surface area contributed by atoms with Gasteiger partial charge in [0, 0.05) is 5.56 Å². The summed E-state index contributed by atoms with van der Waals surface area (Å²) in [5, 5.41) is 20.9. The fourth-order valence-corrected chi connectivity index (χ4v) is 1.83. The molecule has 0 saturated heterocycles. The predicted molar refractivity (Wildman–Crippen MR) is 77.3 cm³/mol. The molecule has 1 atom stereocenters. The summed E-state index contributed by atoms with van der Waals surface area (Å²) in [4.78, 5) is 23.2. The molecule has 1 rings (SSSR count). The molecule has 0 saturated carbocycles. The lowest BCUT2D eigenvalue weighted by molar-refractivity contribution is -0.156. The lowest BCUT2D eigenvalue weighted by Gasteiger charge is -2.27. The van der Waals surface area contributed by atoms with E-state index in [1.807, 2.05) is 0 Å². The van der Waals surface area contributed by atoms with Crippen molar-refractivity contribution in [2.45, 2.75) is 31.8 Å². The van der Waals surface area contributed by atoms with E-state index >= 15 is 0 Å². The summed E-state index contributed by atoms with van der Waals surface area (Å²) in [6, 6.07) is 7.11. The highest BCUT2D eigenvalue weighted by Gasteiger charge is 2.36. The molecule has 6 heteroatoms. The molecule has 1 amide bonds. The van der Waals surface area contributed by atoms with Gasteiger partial charge in [0.05, 0.1) is 19.1 Å². The molecule has 1 aromatic rings. The summed E-state index contributed by atoms with van der Waals surface area (Å²) >= 11 is 0. The molecule has 1 unspecified atom stereocenters. The third-order valence-electron chi connectivity index (χ3n) is 3.40. The fraction of sp³-hybridized carbons (Fsp3) is 0.467. The maximum Gasteiger partial charge on any atom is 0.337 e. The Morgan fingerprint density at radius 1 is 1.24 bits per heavy atom. The van der Waals surface area contributed by atoms with Gasteiger partial charge < -0.3 is 20.3 Å². The zero-order valence-electron chi connectivity index (χ0n) is 12.6. The second-order valence-corrected chi connectivity index (χ2v) is 5.59. The quantitative estimate of drug-likeness (QED) is 0.725. The van der Waals surface area contributed by atoms with Gasteiger partial charge >= 0.3 is 5.97 Å². The van der Waals surface area contributed by atoms with Crippen LogP contribution in [0.2, 0.25) is 0 Å². The van der Waals surface area contributed by atoms with Gasteiger partial charge in [0.25, 0.3) is 0 Å². The van der Waals surface area contributed by atoms with Crippen LogP contribution in [0.25, 0.3) is 0 Å². The van der Waals surface area contributed by atoms with Gasteiger partial charge in [-0.05, 0) is 26.8 Å². The third kappa shape index (κ3) is 3.72. The van der Waals surface area contributed by atoms with E-state index in [0.717, 1.165) is 6.92 Å². The Labute approximate surface area is 123 Å². The van der Waals surface area contributed by atoms with Gasteiger partial charge in [-0.3, -0.25) is 4.79 Å². The number of carboxylic acids is 1. The number of rotatable bonds is 6. The molecule has 0 radical (unpaired) electrons. The highest BCUT2D eigenvalue weighted by molar-refractivity contribution is 5.89. The molecule has 0 aliphatic rings. The summed E-state index contributed by atoms with van der Waals surface area (Å²) in [6.07, 6.45) is 0. The SMILES string of the molecule is COc1ccccc1C(C)(C)C(=O)NCC(C)(O)C(=O)O. The summed E-state index contributed by atoms with van der Waals surface area (Å²) in [5.74, 6) is -1.21. The van der Waals surface area contributed by atoms with E-state index in [4.69, 9.17) is 9.84 Å². The van der Waals surface area contributed by atoms with Crippen LogP contribution in [0.1, 0.15) is 26.3 Å². The second-order valence-electron chi connectivity index (χ2n) is 5.59. The van der Waals surface area contributed by atoms with Gasteiger partial charge in [0.1, 0.15) is 5.75 Å². The first-order chi connectivity index (χ1) is 9.63. The van der Waals surface area contributed by atoms with Crippen LogP contribution >= 0.6 is 0 Å². The van der Waals surface area contributed by atoms with Crippen LogP contribution in [0.5, 0.6) is 5.75 Å². The van der Waals surface area contributed by atoms with E-state index in [0.29, 0.717) is 11.3 Å². The zero-order chi connectivity index (χ0) is 16.3. The van der Waals surface area contributed by atoms with Crippen molar-refractivity contribution in [3.63, 3.8) is 0 Å². The maximum atomic E-state index is 12.3. The molecule has 6 nitrogen and oxygen atoms in total. The van der Waals surface area contributed by atoms with Gasteiger partial charge in [0.2, 0.25) is 5.91 Å². The molecule has 0 fully saturated rings. The van der Waals surface area contributed by atoms with Crippen molar-refractivity contribution in [2.24, 2.45) is 0 Å². The van der Waals surface area contributed by atoms with Crippen molar-refractivity contribution in [1.29, 1.82) is 0 Å². The fourth-order valence-electron chi connectivity index (χ4n) is 1.83. The number of nitrogens with one attached hydrogen (secondary N) is 1. The molecule has 116 valence electrons. The number of methoxy groups -OCH3 is 1.